The van der Waals surface area contributed by atoms with Crippen LogP contribution in [0.1, 0.15) is 37.8 Å². The Kier molecular flexibility index (Phi) is 10.9. The summed E-state index contributed by atoms with van der Waals surface area (Å²) in [5, 5.41) is 18.7. The Labute approximate surface area is 244 Å². The van der Waals surface area contributed by atoms with E-state index in [1.54, 1.807) is 24.9 Å². The number of carbonyl (C=O) groups is 1. The first-order valence-corrected chi connectivity index (χ1v) is 13.7. The highest BCUT2D eigenvalue weighted by molar-refractivity contribution is 5.98. The van der Waals surface area contributed by atoms with Gasteiger partial charge in [0.25, 0.3) is 5.91 Å². The van der Waals surface area contributed by atoms with Gasteiger partial charge in [0.2, 0.25) is 0 Å². The van der Waals surface area contributed by atoms with Crippen LogP contribution in [0.15, 0.2) is 120 Å². The van der Waals surface area contributed by atoms with Crippen LogP contribution in [-0.2, 0) is 17.8 Å². The predicted molar refractivity (Wildman–Crippen MR) is 170 cm³/mol. The predicted octanol–water partition coefficient (Wildman–Crippen LogP) is 5.98. The lowest BCUT2D eigenvalue weighted by molar-refractivity contribution is -0.118. The van der Waals surface area contributed by atoms with E-state index in [-0.39, 0.29) is 18.5 Å². The molecule has 0 spiro atoms. The van der Waals surface area contributed by atoms with Crippen LogP contribution < -0.4 is 16.0 Å². The van der Waals surface area contributed by atoms with Gasteiger partial charge >= 0.3 is 0 Å². The molecule has 7 nitrogen and oxygen atoms in total. The molecule has 1 aliphatic carbocycles. The van der Waals surface area contributed by atoms with Crippen LogP contribution in [0.4, 0.5) is 5.69 Å². The molecule has 41 heavy (non-hydrogen) atoms. The molecule has 1 aliphatic heterocycles. The first-order valence-electron chi connectivity index (χ1n) is 13.7. The second-order valence-corrected chi connectivity index (χ2v) is 10.1. The summed E-state index contributed by atoms with van der Waals surface area (Å²) in [5.41, 5.74) is 7.95. The molecular formula is C34H40N6O. The third-order valence-electron chi connectivity index (χ3n) is 7.10. The minimum absolute atomic E-state index is 0.00411. The molecule has 3 N–H and O–H groups in total. The van der Waals surface area contributed by atoms with Crippen molar-refractivity contribution in [3.05, 3.63) is 126 Å². The molecule has 1 aromatic carbocycles. The number of benzene rings is 1. The molecule has 0 fully saturated rings. The van der Waals surface area contributed by atoms with E-state index in [4.69, 9.17) is 5.26 Å². The Balaban J connectivity index is 1.77. The van der Waals surface area contributed by atoms with Crippen LogP contribution in [0.5, 0.6) is 0 Å². The zero-order valence-corrected chi connectivity index (χ0v) is 24.4. The lowest BCUT2D eigenvalue weighted by Gasteiger charge is -2.24. The van der Waals surface area contributed by atoms with E-state index in [0.29, 0.717) is 29.3 Å². The number of hydrogen-bond donors (Lipinski definition) is 3. The average molecular weight is 549 g/mol. The number of amidine groups is 1. The molecule has 1 aromatic rings. The number of carbonyl (C=O) groups excluding carboxylic acids is 1. The molecule has 0 saturated carbocycles. The Morgan fingerprint density at radius 3 is 2.80 bits per heavy atom. The number of aryl methyl sites for hydroxylation is 1. The second kappa shape index (κ2) is 14.5. The van der Waals surface area contributed by atoms with Gasteiger partial charge in [-0.25, -0.2) is 0 Å². The molecule has 1 atom stereocenters. The third-order valence-corrected chi connectivity index (χ3v) is 7.10. The van der Waals surface area contributed by atoms with Gasteiger partial charge in [-0.1, -0.05) is 68.8 Å². The van der Waals surface area contributed by atoms with E-state index >= 15 is 0 Å². The van der Waals surface area contributed by atoms with Gasteiger partial charge < -0.3 is 20.9 Å². The highest BCUT2D eigenvalue weighted by Crippen LogP contribution is 2.27. The van der Waals surface area contributed by atoms with E-state index < -0.39 is 0 Å². The number of amides is 1. The first kappa shape index (κ1) is 30.7. The van der Waals surface area contributed by atoms with E-state index in [1.807, 2.05) is 31.2 Å². The van der Waals surface area contributed by atoms with E-state index in [0.717, 1.165) is 47.4 Å². The van der Waals surface area contributed by atoms with Gasteiger partial charge in [0, 0.05) is 36.7 Å². The second-order valence-electron chi connectivity index (χ2n) is 10.1. The van der Waals surface area contributed by atoms with Crippen LogP contribution in [0, 0.1) is 11.3 Å². The fourth-order valence-corrected chi connectivity index (χ4v) is 4.41. The molecule has 212 valence electrons. The molecule has 3 rings (SSSR count). The molecule has 1 heterocycles. The molecule has 0 aromatic heterocycles. The van der Waals surface area contributed by atoms with Crippen molar-refractivity contribution in [2.45, 2.75) is 45.7 Å². The lowest BCUT2D eigenvalue weighted by atomic mass is 10.00. The fraction of sp³-hybridized carbons (Fsp3) is 0.265. The van der Waals surface area contributed by atoms with Crippen molar-refractivity contribution in [3.8, 4) is 6.07 Å². The van der Waals surface area contributed by atoms with E-state index in [2.05, 4.69) is 77.6 Å². The van der Waals surface area contributed by atoms with Crippen molar-refractivity contribution in [3.63, 3.8) is 0 Å². The van der Waals surface area contributed by atoms with Gasteiger partial charge in [-0.2, -0.15) is 5.26 Å². The van der Waals surface area contributed by atoms with Gasteiger partial charge in [-0.3, -0.25) is 9.79 Å². The number of nitriles is 1. The van der Waals surface area contributed by atoms with E-state index in [9.17, 15) is 4.79 Å². The smallest absolute Gasteiger partial charge is 0.268 e. The monoisotopic (exact) mass is 548 g/mol. The zero-order chi connectivity index (χ0) is 29.9. The minimum atomic E-state index is -0.299. The zero-order valence-electron chi connectivity index (χ0n) is 24.4. The summed E-state index contributed by atoms with van der Waals surface area (Å²) in [4.78, 5) is 19.4. The normalized spacial score (nSPS) is 15.6. The molecule has 2 aliphatic rings. The first-order chi connectivity index (χ1) is 19.6. The molecule has 0 radical (unpaired) electrons. The van der Waals surface area contributed by atoms with Crippen LogP contribution in [0.25, 0.3) is 0 Å². The quantitative estimate of drug-likeness (QED) is 0.104. The number of nitrogens with one attached hydrogen (secondary N) is 3. The molecule has 1 amide bonds. The van der Waals surface area contributed by atoms with Gasteiger partial charge in [-0.05, 0) is 73.1 Å². The van der Waals surface area contributed by atoms with Crippen molar-refractivity contribution in [2.24, 2.45) is 4.99 Å². The van der Waals surface area contributed by atoms with Crippen molar-refractivity contribution in [1.82, 2.24) is 15.5 Å². The van der Waals surface area contributed by atoms with E-state index in [1.165, 1.54) is 5.56 Å². The summed E-state index contributed by atoms with van der Waals surface area (Å²) in [7, 11) is 1.74. The standard InChI is InChI=1S/C34H40N6O/c1-8-28-10-9-11-30(16-13-28)26(5)39-25(4)23(2)20-33(40(7)27(6)36-19-18-35)34(41)37-22-29-14-17-31-15-12-24(3)38-32(31)21-29/h8-9,11,13-14,16-17,20-21,26,38-39H,1-4,10,12,15,19,22H2,5-7H3,(H,37,41)/b33-20-,36-27?/t26-/m0/s1. The maximum atomic E-state index is 13.5. The number of likely N-dealkylation sites (N-methyl/N-ethyl adjacent to an activating group) is 1. The molecule has 0 saturated heterocycles. The van der Waals surface area contributed by atoms with Crippen molar-refractivity contribution in [2.75, 3.05) is 18.9 Å². The summed E-state index contributed by atoms with van der Waals surface area (Å²) in [6.07, 6.45) is 14.6. The Hall–Kier alpha value is -4.83. The number of aliphatic imine (C=N–C) groups is 1. The van der Waals surface area contributed by atoms with Gasteiger partial charge in [-0.15, -0.1) is 0 Å². The maximum Gasteiger partial charge on any atom is 0.268 e. The minimum Gasteiger partial charge on any atom is -0.379 e. The summed E-state index contributed by atoms with van der Waals surface area (Å²) in [6, 6.07) is 8.13. The van der Waals surface area contributed by atoms with Gasteiger partial charge in [0.1, 0.15) is 18.1 Å². The topological polar surface area (TPSA) is 92.6 Å². The van der Waals surface area contributed by atoms with Gasteiger partial charge in [0.05, 0.1) is 6.07 Å². The Morgan fingerprint density at radius 2 is 2.07 bits per heavy atom. The van der Waals surface area contributed by atoms with Crippen LogP contribution in [-0.4, -0.2) is 36.3 Å². The van der Waals surface area contributed by atoms with Crippen molar-refractivity contribution >= 4 is 17.4 Å². The lowest BCUT2D eigenvalue weighted by Crippen LogP contribution is -2.35. The number of hydrogen-bond acceptors (Lipinski definition) is 5. The highest BCUT2D eigenvalue weighted by Gasteiger charge is 2.19. The average Bonchev–Trinajstić information content (AvgIpc) is 3.22. The number of nitrogens with zero attached hydrogens (tertiary/aromatic N) is 3. The Morgan fingerprint density at radius 1 is 1.29 bits per heavy atom. The number of allylic oxidation sites excluding steroid dienone is 7. The summed E-state index contributed by atoms with van der Waals surface area (Å²) in [5.74, 6) is 0.232. The van der Waals surface area contributed by atoms with Crippen molar-refractivity contribution < 1.29 is 4.79 Å². The summed E-state index contributed by atoms with van der Waals surface area (Å²) in [6.45, 7) is 20.4. The van der Waals surface area contributed by atoms with Crippen LogP contribution in [0.2, 0.25) is 0 Å². The molecule has 0 bridgehead atoms. The number of rotatable bonds is 11. The number of anilines is 1. The fourth-order valence-electron chi connectivity index (χ4n) is 4.41. The molecular weight excluding hydrogens is 508 g/mol. The maximum absolute atomic E-state index is 13.5. The summed E-state index contributed by atoms with van der Waals surface area (Å²) < 4.78 is 0. The van der Waals surface area contributed by atoms with Crippen LogP contribution in [0.3, 0.4) is 0 Å². The summed E-state index contributed by atoms with van der Waals surface area (Å²) >= 11 is 0. The van der Waals surface area contributed by atoms with Crippen molar-refractivity contribution in [1.29, 1.82) is 5.26 Å². The largest absolute Gasteiger partial charge is 0.379 e. The molecule has 0 unspecified atom stereocenters. The molecule has 7 heteroatoms. The van der Waals surface area contributed by atoms with Gasteiger partial charge in [0.15, 0.2) is 0 Å². The highest BCUT2D eigenvalue weighted by atomic mass is 16.2. The Bertz CT molecular complexity index is 1430. The van der Waals surface area contributed by atoms with Crippen LogP contribution >= 0.6 is 0 Å². The third kappa shape index (κ3) is 8.58. The SMILES string of the molecule is C=CC1=CC=C([C@H](C)NC(=C)C(=C)/C=C(/C(=O)NCc2ccc3c(c2)NC(=C)CC3)N(C)C(C)=NCC#N)C=CC1. The number of fused-ring (bicyclic) bond motifs is 1.